The number of benzene rings is 1. The minimum absolute atomic E-state index is 0.0655. The average Bonchev–Trinajstić information content (AvgIpc) is 2.59. The molecule has 0 fully saturated rings. The minimum atomic E-state index is -0.275. The molecule has 0 unspecified atom stereocenters. The summed E-state index contributed by atoms with van der Waals surface area (Å²) in [6, 6.07) is 12.0. The van der Waals surface area contributed by atoms with Gasteiger partial charge in [0.1, 0.15) is 5.82 Å². The van der Waals surface area contributed by atoms with Gasteiger partial charge < -0.3 is 10.6 Å². The highest BCUT2D eigenvalue weighted by Crippen LogP contribution is 2.10. The molecule has 4 nitrogen and oxygen atoms in total. The summed E-state index contributed by atoms with van der Waals surface area (Å²) >= 11 is 0. The second kappa shape index (κ2) is 9.00. The Morgan fingerprint density at radius 1 is 1.17 bits per heavy atom. The van der Waals surface area contributed by atoms with E-state index in [0.29, 0.717) is 38.9 Å². The lowest BCUT2D eigenvalue weighted by molar-refractivity contribution is -0.131. The number of aromatic nitrogens is 1. The topological polar surface area (TPSA) is 59.2 Å². The van der Waals surface area contributed by atoms with Gasteiger partial charge in [-0.05, 0) is 42.8 Å². The molecule has 5 heteroatoms. The first kappa shape index (κ1) is 17.1. The minimum Gasteiger partial charge on any atom is -0.338 e. The third kappa shape index (κ3) is 5.79. The summed E-state index contributed by atoms with van der Waals surface area (Å²) in [5, 5.41) is 0. The van der Waals surface area contributed by atoms with Crippen LogP contribution in [0.1, 0.15) is 24.1 Å². The number of rotatable bonds is 8. The van der Waals surface area contributed by atoms with Gasteiger partial charge in [-0.1, -0.05) is 18.2 Å². The number of amides is 1. The maximum absolute atomic E-state index is 13.0. The predicted molar refractivity (Wildman–Crippen MR) is 88.0 cm³/mol. The molecule has 0 saturated carbocycles. The van der Waals surface area contributed by atoms with E-state index in [4.69, 9.17) is 5.73 Å². The summed E-state index contributed by atoms with van der Waals surface area (Å²) in [6.07, 6.45) is 3.54. The molecule has 0 atom stereocenters. The van der Waals surface area contributed by atoms with Gasteiger partial charge >= 0.3 is 0 Å². The van der Waals surface area contributed by atoms with Crippen molar-refractivity contribution in [2.45, 2.75) is 25.8 Å². The summed E-state index contributed by atoms with van der Waals surface area (Å²) in [7, 11) is 0. The van der Waals surface area contributed by atoms with Crippen molar-refractivity contribution in [3.05, 3.63) is 65.7 Å². The van der Waals surface area contributed by atoms with Crippen LogP contribution in [-0.4, -0.2) is 28.9 Å². The number of nitrogens with zero attached hydrogens (tertiary/aromatic N) is 2. The Balaban J connectivity index is 2.01. The van der Waals surface area contributed by atoms with Crippen molar-refractivity contribution in [1.82, 2.24) is 9.88 Å². The fourth-order valence-corrected chi connectivity index (χ4v) is 2.31. The first-order valence-electron chi connectivity index (χ1n) is 7.81. The quantitative estimate of drug-likeness (QED) is 0.814. The van der Waals surface area contributed by atoms with E-state index in [-0.39, 0.29) is 11.7 Å². The fraction of sp³-hybridized carbons (Fsp3) is 0.333. The van der Waals surface area contributed by atoms with E-state index < -0.39 is 0 Å². The van der Waals surface area contributed by atoms with Crippen LogP contribution >= 0.6 is 0 Å². The molecule has 1 amide bonds. The molecule has 0 aliphatic carbocycles. The van der Waals surface area contributed by atoms with Crippen LogP contribution in [0.4, 0.5) is 4.39 Å². The number of carbonyl (C=O) groups is 1. The first-order valence-corrected chi connectivity index (χ1v) is 7.81. The lowest BCUT2D eigenvalue weighted by Gasteiger charge is -2.23. The monoisotopic (exact) mass is 315 g/mol. The first-order chi connectivity index (χ1) is 11.2. The van der Waals surface area contributed by atoms with Gasteiger partial charge in [0.2, 0.25) is 5.91 Å². The highest BCUT2D eigenvalue weighted by molar-refractivity contribution is 5.76. The molecule has 2 N–H and O–H groups in total. The summed E-state index contributed by atoms with van der Waals surface area (Å²) in [6.45, 7) is 1.55. The molecular weight excluding hydrogens is 293 g/mol. The van der Waals surface area contributed by atoms with Crippen molar-refractivity contribution in [1.29, 1.82) is 0 Å². The molecule has 0 aliphatic heterocycles. The van der Waals surface area contributed by atoms with Crippen LogP contribution in [0.25, 0.3) is 0 Å². The van der Waals surface area contributed by atoms with Crippen molar-refractivity contribution in [2.75, 3.05) is 13.1 Å². The Morgan fingerprint density at radius 3 is 2.61 bits per heavy atom. The van der Waals surface area contributed by atoms with Gasteiger partial charge in [0, 0.05) is 37.8 Å². The van der Waals surface area contributed by atoms with Crippen LogP contribution in [-0.2, 0) is 17.8 Å². The van der Waals surface area contributed by atoms with Crippen LogP contribution in [0.5, 0.6) is 0 Å². The molecule has 0 aliphatic rings. The lowest BCUT2D eigenvalue weighted by atomic mass is 10.1. The van der Waals surface area contributed by atoms with E-state index in [1.165, 1.54) is 12.1 Å². The van der Waals surface area contributed by atoms with Crippen LogP contribution in [0.2, 0.25) is 0 Å². The molecule has 0 spiro atoms. The van der Waals surface area contributed by atoms with E-state index in [0.717, 1.165) is 11.3 Å². The molecule has 1 heterocycles. The molecule has 0 radical (unpaired) electrons. The van der Waals surface area contributed by atoms with Crippen molar-refractivity contribution >= 4 is 5.91 Å². The number of nitrogens with two attached hydrogens (primary N) is 1. The van der Waals surface area contributed by atoms with Crippen LogP contribution in [0.3, 0.4) is 0 Å². The van der Waals surface area contributed by atoms with Gasteiger partial charge in [0.15, 0.2) is 0 Å². The Labute approximate surface area is 136 Å². The number of pyridine rings is 1. The van der Waals surface area contributed by atoms with E-state index in [1.807, 2.05) is 18.2 Å². The smallest absolute Gasteiger partial charge is 0.222 e. The standard InChI is InChI=1S/C18H22FN3O/c19-16-8-6-15(7-9-16)14-22(18(23)5-3-11-20)13-10-17-4-1-2-12-21-17/h1-2,4,6-9,12H,3,5,10-11,13-14,20H2. The van der Waals surface area contributed by atoms with Gasteiger partial charge in [-0.3, -0.25) is 9.78 Å². The Kier molecular flexibility index (Phi) is 6.69. The molecule has 23 heavy (non-hydrogen) atoms. The summed E-state index contributed by atoms with van der Waals surface area (Å²) in [4.78, 5) is 18.4. The second-order valence-corrected chi connectivity index (χ2v) is 5.41. The van der Waals surface area contributed by atoms with E-state index >= 15 is 0 Å². The third-order valence-electron chi connectivity index (χ3n) is 3.60. The van der Waals surface area contributed by atoms with Crippen LogP contribution < -0.4 is 5.73 Å². The van der Waals surface area contributed by atoms with Crippen molar-refractivity contribution in [2.24, 2.45) is 5.73 Å². The number of halogens is 1. The van der Waals surface area contributed by atoms with Crippen molar-refractivity contribution in [3.63, 3.8) is 0 Å². The zero-order valence-electron chi connectivity index (χ0n) is 13.1. The molecular formula is C18H22FN3O. The van der Waals surface area contributed by atoms with Crippen LogP contribution in [0, 0.1) is 5.82 Å². The molecule has 2 aromatic rings. The number of hydrogen-bond acceptors (Lipinski definition) is 3. The van der Waals surface area contributed by atoms with Gasteiger partial charge in [-0.2, -0.15) is 0 Å². The molecule has 1 aromatic carbocycles. The highest BCUT2D eigenvalue weighted by atomic mass is 19.1. The Morgan fingerprint density at radius 2 is 1.96 bits per heavy atom. The van der Waals surface area contributed by atoms with Crippen LogP contribution in [0.15, 0.2) is 48.7 Å². The molecule has 122 valence electrons. The zero-order valence-corrected chi connectivity index (χ0v) is 13.1. The maximum Gasteiger partial charge on any atom is 0.222 e. The maximum atomic E-state index is 13.0. The summed E-state index contributed by atoms with van der Waals surface area (Å²) in [5.74, 6) is -0.209. The molecule has 0 saturated heterocycles. The molecule has 0 bridgehead atoms. The van der Waals surface area contributed by atoms with Gasteiger partial charge in [-0.15, -0.1) is 0 Å². The molecule has 1 aromatic heterocycles. The third-order valence-corrected chi connectivity index (χ3v) is 3.60. The van der Waals surface area contributed by atoms with E-state index in [2.05, 4.69) is 4.98 Å². The number of hydrogen-bond donors (Lipinski definition) is 1. The lowest BCUT2D eigenvalue weighted by Crippen LogP contribution is -2.32. The Hall–Kier alpha value is -2.27. The second-order valence-electron chi connectivity index (χ2n) is 5.41. The normalized spacial score (nSPS) is 10.5. The van der Waals surface area contributed by atoms with E-state index in [9.17, 15) is 9.18 Å². The van der Waals surface area contributed by atoms with Gasteiger partial charge in [-0.25, -0.2) is 4.39 Å². The van der Waals surface area contributed by atoms with E-state index in [1.54, 1.807) is 23.2 Å². The van der Waals surface area contributed by atoms with Crippen molar-refractivity contribution < 1.29 is 9.18 Å². The SMILES string of the molecule is NCCCC(=O)N(CCc1ccccn1)Cc1ccc(F)cc1. The fourth-order valence-electron chi connectivity index (χ4n) is 2.31. The van der Waals surface area contributed by atoms with Crippen molar-refractivity contribution in [3.8, 4) is 0 Å². The summed E-state index contributed by atoms with van der Waals surface area (Å²) in [5.41, 5.74) is 7.35. The zero-order chi connectivity index (χ0) is 16.5. The molecule has 2 rings (SSSR count). The Bertz CT molecular complexity index is 601. The highest BCUT2D eigenvalue weighted by Gasteiger charge is 2.14. The predicted octanol–water partition coefficient (Wildman–Crippen LogP) is 2.53. The number of carbonyl (C=O) groups excluding carboxylic acids is 1. The van der Waals surface area contributed by atoms with Gasteiger partial charge in [0.25, 0.3) is 0 Å². The average molecular weight is 315 g/mol. The largest absolute Gasteiger partial charge is 0.338 e. The van der Waals surface area contributed by atoms with Gasteiger partial charge in [0.05, 0.1) is 0 Å². The summed E-state index contributed by atoms with van der Waals surface area (Å²) < 4.78 is 13.0.